The van der Waals surface area contributed by atoms with Gasteiger partial charge in [0, 0.05) is 45.3 Å². The molecule has 18 nitrogen and oxygen atoms in total. The molecule has 3 fully saturated rings. The molecule has 3 saturated heterocycles. The molecular formula is C51H86N2O16. The summed E-state index contributed by atoms with van der Waals surface area (Å²) in [5.74, 6) is -2.53. The Hall–Kier alpha value is -2.88. The minimum atomic E-state index is -1.51. The van der Waals surface area contributed by atoms with Crippen LogP contribution in [0.1, 0.15) is 120 Å². The normalized spacial score (nSPS) is 40.8. The Morgan fingerprint density at radius 1 is 0.884 bits per heavy atom. The number of ether oxygens (including phenoxy) is 10. The second kappa shape index (κ2) is 27.3. The largest absolute Gasteiger partial charge is 0.462 e. The molecule has 2 N–H and O–H groups in total. The number of nitrogens with zero attached hydrogens (tertiary/aromatic N) is 2. The maximum Gasteiger partial charge on any atom is 0.309 e. The van der Waals surface area contributed by atoms with Gasteiger partial charge in [-0.2, -0.15) is 0 Å². The monoisotopic (exact) mass is 983 g/mol. The SMILES string of the molecule is CCC(=O)OC1CC(=O)O[C@H](C)C/C=C\C=C/C(OC2CCC(N(C)C)C(C)O2)[C@H](C)C[C@H](CC=O)[C@H](OC2OC(C)C(OC3CC(C)(O)C(OC(=O)CC(C)C)C(C)O3)C(N(C)C)C2O)[C@H]1OC. The second-order valence-electron chi connectivity index (χ2n) is 20.7. The van der Waals surface area contributed by atoms with Crippen molar-refractivity contribution in [1.29, 1.82) is 0 Å². The average molecular weight is 983 g/mol. The molecule has 0 aromatic carbocycles. The fourth-order valence-corrected chi connectivity index (χ4v) is 10.2. The van der Waals surface area contributed by atoms with Crippen LogP contribution in [0, 0.1) is 17.8 Å². The number of aliphatic hydroxyl groups excluding tert-OH is 1. The van der Waals surface area contributed by atoms with Crippen LogP contribution in [0.15, 0.2) is 24.3 Å². The third kappa shape index (κ3) is 16.8. The van der Waals surface area contributed by atoms with Gasteiger partial charge in [-0.1, -0.05) is 52.0 Å². The number of aldehydes is 1. The summed E-state index contributed by atoms with van der Waals surface area (Å²) in [6, 6.07) is -0.551. The molecular weight excluding hydrogens is 897 g/mol. The Bertz CT molecular complexity index is 1680. The summed E-state index contributed by atoms with van der Waals surface area (Å²) in [7, 11) is 9.03. The minimum absolute atomic E-state index is 0.00271. The highest BCUT2D eigenvalue weighted by molar-refractivity contribution is 5.72. The number of allylic oxidation sites excluding steroid dienone is 2. The quantitative estimate of drug-likeness (QED) is 0.120. The van der Waals surface area contributed by atoms with Crippen molar-refractivity contribution in [2.75, 3.05) is 35.3 Å². The first-order valence-electron chi connectivity index (χ1n) is 25.0. The van der Waals surface area contributed by atoms with E-state index >= 15 is 0 Å². The number of carbonyl (C=O) groups excluding carboxylic acids is 4. The van der Waals surface area contributed by atoms with Crippen molar-refractivity contribution in [3.63, 3.8) is 0 Å². The predicted molar refractivity (Wildman–Crippen MR) is 254 cm³/mol. The second-order valence-corrected chi connectivity index (χ2v) is 20.7. The molecule has 0 bridgehead atoms. The number of likely N-dealkylation sites (N-methyl/N-ethyl adjacent to an activating group) is 2. The standard InChI is InChI=1S/C51H86N2O16/c1-15-39(55)65-38-27-41(57)61-31(5)19-17-16-18-20-37(66-42-22-21-36(52(10)11)32(6)62-42)30(4)26-35(23-24-54)47(48(38)60-14)69-50-45(58)44(53(12)13)46(33(7)64-50)68-43-28-51(9,59)49(34(8)63-43)67-40(56)25-29(2)3/h16-18,20,24,29-38,42-50,58-59H,15,19,21-23,25-28H2,1-14H3/b17-16-,20-18-/t30-,31-,32?,33?,34?,35+,36?,37?,38?,42?,43?,44?,45?,46?,47+,48+,49?,50?,51?/m1/s1. The third-order valence-corrected chi connectivity index (χ3v) is 13.7. The van der Waals surface area contributed by atoms with Gasteiger partial charge in [0.2, 0.25) is 0 Å². The summed E-state index contributed by atoms with van der Waals surface area (Å²) >= 11 is 0. The van der Waals surface area contributed by atoms with Crippen molar-refractivity contribution in [1.82, 2.24) is 9.80 Å². The van der Waals surface area contributed by atoms with E-state index < -0.39 is 115 Å². The maximum absolute atomic E-state index is 13.6. The van der Waals surface area contributed by atoms with Crippen molar-refractivity contribution in [2.24, 2.45) is 17.8 Å². The Morgan fingerprint density at radius 3 is 2.17 bits per heavy atom. The average Bonchev–Trinajstić information content (AvgIpc) is 3.24. The molecule has 69 heavy (non-hydrogen) atoms. The summed E-state index contributed by atoms with van der Waals surface area (Å²) in [5.41, 5.74) is -1.51. The highest BCUT2D eigenvalue weighted by Gasteiger charge is 2.53. The zero-order valence-electron chi connectivity index (χ0n) is 43.7. The number of methoxy groups -OCH3 is 1. The van der Waals surface area contributed by atoms with Gasteiger partial charge >= 0.3 is 17.9 Å². The van der Waals surface area contributed by atoms with Crippen LogP contribution < -0.4 is 0 Å². The lowest BCUT2D eigenvalue weighted by Crippen LogP contribution is -2.66. The van der Waals surface area contributed by atoms with Gasteiger partial charge in [0.1, 0.15) is 42.4 Å². The third-order valence-electron chi connectivity index (χ3n) is 13.7. The van der Waals surface area contributed by atoms with Crippen LogP contribution >= 0.6 is 0 Å². The van der Waals surface area contributed by atoms with Gasteiger partial charge < -0.3 is 72.2 Å². The van der Waals surface area contributed by atoms with Gasteiger partial charge in [0.05, 0.1) is 43.0 Å². The first-order valence-corrected chi connectivity index (χ1v) is 25.0. The van der Waals surface area contributed by atoms with E-state index in [-0.39, 0.29) is 56.1 Å². The predicted octanol–water partition coefficient (Wildman–Crippen LogP) is 4.88. The van der Waals surface area contributed by atoms with E-state index in [4.69, 9.17) is 47.4 Å². The number of hydrogen-bond acceptors (Lipinski definition) is 18. The lowest BCUT2D eigenvalue weighted by atomic mass is 9.82. The topological polar surface area (TPSA) is 208 Å². The molecule has 0 aromatic rings. The minimum Gasteiger partial charge on any atom is -0.462 e. The highest BCUT2D eigenvalue weighted by Crippen LogP contribution is 2.38. The smallest absolute Gasteiger partial charge is 0.309 e. The maximum atomic E-state index is 13.6. The van der Waals surface area contributed by atoms with Crippen LogP contribution in [0.25, 0.3) is 0 Å². The van der Waals surface area contributed by atoms with Gasteiger partial charge in [0.25, 0.3) is 0 Å². The molecule has 0 aliphatic carbocycles. The van der Waals surface area contributed by atoms with Crippen molar-refractivity contribution < 1.29 is 76.8 Å². The van der Waals surface area contributed by atoms with Crippen LogP contribution in [0.5, 0.6) is 0 Å². The summed E-state index contributed by atoms with van der Waals surface area (Å²) in [6.45, 7) is 16.3. The van der Waals surface area contributed by atoms with E-state index in [1.165, 1.54) is 7.11 Å². The molecule has 4 rings (SSSR count). The molecule has 4 aliphatic rings. The molecule has 4 aliphatic heterocycles. The molecule has 0 radical (unpaired) electrons. The molecule has 19 atom stereocenters. The van der Waals surface area contributed by atoms with E-state index in [1.807, 2.05) is 66.1 Å². The van der Waals surface area contributed by atoms with Gasteiger partial charge in [-0.05, 0) is 99.8 Å². The zero-order valence-corrected chi connectivity index (χ0v) is 43.7. The van der Waals surface area contributed by atoms with Crippen molar-refractivity contribution in [3.8, 4) is 0 Å². The van der Waals surface area contributed by atoms with Crippen LogP contribution in [0.3, 0.4) is 0 Å². The summed E-state index contributed by atoms with van der Waals surface area (Å²) < 4.78 is 63.0. The van der Waals surface area contributed by atoms with Crippen LogP contribution in [-0.2, 0) is 66.5 Å². The molecule has 4 heterocycles. The number of aliphatic hydroxyl groups is 2. The number of rotatable bonds is 16. The number of esters is 3. The van der Waals surface area contributed by atoms with Gasteiger partial charge in [0.15, 0.2) is 25.0 Å². The number of hydrogen-bond donors (Lipinski definition) is 2. The summed E-state index contributed by atoms with van der Waals surface area (Å²) in [5, 5.41) is 24.0. The first-order chi connectivity index (χ1) is 32.5. The van der Waals surface area contributed by atoms with Crippen LogP contribution in [0.2, 0.25) is 0 Å². The van der Waals surface area contributed by atoms with Crippen molar-refractivity contribution in [2.45, 2.75) is 224 Å². The molecule has 0 spiro atoms. The van der Waals surface area contributed by atoms with Gasteiger partial charge in [-0.3, -0.25) is 14.4 Å². The Labute approximate surface area is 410 Å². The molecule has 18 heteroatoms. The van der Waals surface area contributed by atoms with E-state index in [0.717, 1.165) is 12.7 Å². The Balaban J connectivity index is 1.71. The number of carbonyl (C=O) groups is 4. The van der Waals surface area contributed by atoms with E-state index in [9.17, 15) is 29.4 Å². The Morgan fingerprint density at radius 2 is 1.58 bits per heavy atom. The zero-order chi connectivity index (χ0) is 51.3. The molecule has 396 valence electrons. The highest BCUT2D eigenvalue weighted by atomic mass is 16.7. The molecule has 0 amide bonds. The lowest BCUT2D eigenvalue weighted by molar-refractivity contribution is -0.344. The first kappa shape index (κ1) is 58.7. The lowest BCUT2D eigenvalue weighted by Gasteiger charge is -2.50. The molecule has 0 aromatic heterocycles. The van der Waals surface area contributed by atoms with Crippen LogP contribution in [0.4, 0.5) is 0 Å². The fourth-order valence-electron chi connectivity index (χ4n) is 10.2. The van der Waals surface area contributed by atoms with E-state index in [2.05, 4.69) is 4.90 Å². The van der Waals surface area contributed by atoms with E-state index in [0.29, 0.717) is 19.3 Å². The summed E-state index contributed by atoms with van der Waals surface area (Å²) in [6.07, 6.45) is -1.73. The molecule has 14 unspecified atom stereocenters. The van der Waals surface area contributed by atoms with Crippen LogP contribution in [-0.4, -0.2) is 183 Å². The van der Waals surface area contributed by atoms with Crippen molar-refractivity contribution >= 4 is 24.2 Å². The Kier molecular flexibility index (Phi) is 23.2. The summed E-state index contributed by atoms with van der Waals surface area (Å²) in [4.78, 5) is 56.1. The van der Waals surface area contributed by atoms with Gasteiger partial charge in [-0.15, -0.1) is 0 Å². The fraction of sp³-hybridized carbons (Fsp3) is 0.843. The number of cyclic esters (lactones) is 1. The van der Waals surface area contributed by atoms with E-state index in [1.54, 1.807) is 53.6 Å². The van der Waals surface area contributed by atoms with Gasteiger partial charge in [-0.25, -0.2) is 0 Å². The van der Waals surface area contributed by atoms with Crippen molar-refractivity contribution in [3.05, 3.63) is 24.3 Å². The molecule has 0 saturated carbocycles.